The van der Waals surface area contributed by atoms with E-state index in [1.54, 1.807) is 12.1 Å². The average molecular weight is 313 g/mol. The van der Waals surface area contributed by atoms with Crippen molar-refractivity contribution in [3.8, 4) is 0 Å². The average Bonchev–Trinajstić information content (AvgIpc) is 2.85. The van der Waals surface area contributed by atoms with Gasteiger partial charge in [-0.1, -0.05) is 35.9 Å². The zero-order chi connectivity index (χ0) is 16.8. The van der Waals surface area contributed by atoms with Crippen LogP contribution >= 0.6 is 0 Å². The molecule has 1 saturated heterocycles. The summed E-state index contributed by atoms with van der Waals surface area (Å²) in [6, 6.07) is 7.01. The summed E-state index contributed by atoms with van der Waals surface area (Å²) < 4.78 is 0. The lowest BCUT2D eigenvalue weighted by Crippen LogP contribution is -2.33. The van der Waals surface area contributed by atoms with Crippen LogP contribution in [0.1, 0.15) is 42.6 Å². The molecule has 1 heterocycles. The largest absolute Gasteiger partial charge is 0.478 e. The molecule has 2 rings (SSSR count). The SMILES string of the molecule is CC(C)=CC=C[C@H]1CCC(=O)N1CCc1ccc(C(=O)O)cc1. The van der Waals surface area contributed by atoms with Crippen molar-refractivity contribution in [3.05, 3.63) is 59.2 Å². The third kappa shape index (κ3) is 4.81. The van der Waals surface area contributed by atoms with Crippen molar-refractivity contribution in [1.82, 2.24) is 4.90 Å². The van der Waals surface area contributed by atoms with Gasteiger partial charge in [-0.3, -0.25) is 4.79 Å². The molecule has 1 aromatic rings. The van der Waals surface area contributed by atoms with Crippen LogP contribution in [0.4, 0.5) is 0 Å². The minimum absolute atomic E-state index is 0.163. The van der Waals surface area contributed by atoms with Crippen molar-refractivity contribution in [2.45, 2.75) is 39.2 Å². The Labute approximate surface area is 137 Å². The van der Waals surface area contributed by atoms with Crippen LogP contribution in [0.25, 0.3) is 0 Å². The fraction of sp³-hybridized carbons (Fsp3) is 0.368. The molecule has 0 aliphatic carbocycles. The number of carboxylic acids is 1. The fourth-order valence-electron chi connectivity index (χ4n) is 2.69. The number of amides is 1. The molecule has 4 heteroatoms. The van der Waals surface area contributed by atoms with Gasteiger partial charge in [0.25, 0.3) is 0 Å². The fourth-order valence-corrected chi connectivity index (χ4v) is 2.69. The van der Waals surface area contributed by atoms with Crippen LogP contribution in [0.5, 0.6) is 0 Å². The second kappa shape index (κ2) is 7.77. The minimum atomic E-state index is -0.921. The number of allylic oxidation sites excluding steroid dienone is 3. The number of rotatable bonds is 6. The maximum atomic E-state index is 12.0. The van der Waals surface area contributed by atoms with E-state index in [1.165, 1.54) is 5.57 Å². The molecule has 23 heavy (non-hydrogen) atoms. The molecule has 1 amide bonds. The number of aromatic carboxylic acids is 1. The molecule has 4 nitrogen and oxygen atoms in total. The highest BCUT2D eigenvalue weighted by Crippen LogP contribution is 2.20. The Morgan fingerprint density at radius 3 is 2.61 bits per heavy atom. The van der Waals surface area contributed by atoms with Crippen molar-refractivity contribution in [3.63, 3.8) is 0 Å². The Morgan fingerprint density at radius 1 is 1.30 bits per heavy atom. The lowest BCUT2D eigenvalue weighted by atomic mass is 10.1. The molecule has 1 aliphatic rings. The molecule has 0 bridgehead atoms. The highest BCUT2D eigenvalue weighted by atomic mass is 16.4. The van der Waals surface area contributed by atoms with Gasteiger partial charge in [-0.05, 0) is 44.4 Å². The highest BCUT2D eigenvalue weighted by Gasteiger charge is 2.28. The number of likely N-dealkylation sites (tertiary alicyclic amines) is 1. The summed E-state index contributed by atoms with van der Waals surface area (Å²) in [5.41, 5.74) is 2.56. The monoisotopic (exact) mass is 313 g/mol. The van der Waals surface area contributed by atoms with Crippen LogP contribution < -0.4 is 0 Å². The first-order chi connectivity index (χ1) is 11.0. The zero-order valence-corrected chi connectivity index (χ0v) is 13.7. The first kappa shape index (κ1) is 17.0. The molecule has 1 N–H and O–H groups in total. The Balaban J connectivity index is 1.96. The maximum Gasteiger partial charge on any atom is 0.335 e. The van der Waals surface area contributed by atoms with Crippen LogP contribution in [0, 0.1) is 0 Å². The number of nitrogens with zero attached hydrogens (tertiary/aromatic N) is 1. The molecular formula is C19H23NO3. The third-order valence-corrected chi connectivity index (χ3v) is 3.98. The van der Waals surface area contributed by atoms with Gasteiger partial charge in [-0.15, -0.1) is 0 Å². The number of carboxylic acid groups (broad SMARTS) is 1. The summed E-state index contributed by atoms with van der Waals surface area (Å²) in [6.45, 7) is 4.75. The Kier molecular flexibility index (Phi) is 5.74. The predicted octanol–water partition coefficient (Wildman–Crippen LogP) is 3.44. The summed E-state index contributed by atoms with van der Waals surface area (Å²) in [5.74, 6) is -0.727. The second-order valence-electron chi connectivity index (χ2n) is 6.07. The van der Waals surface area contributed by atoms with Crippen molar-refractivity contribution < 1.29 is 14.7 Å². The van der Waals surface area contributed by atoms with Gasteiger partial charge in [0.05, 0.1) is 11.6 Å². The lowest BCUT2D eigenvalue weighted by Gasteiger charge is -2.22. The summed E-state index contributed by atoms with van der Waals surface area (Å²) in [5, 5.41) is 8.90. The van der Waals surface area contributed by atoms with Crippen LogP contribution in [-0.4, -0.2) is 34.5 Å². The van der Waals surface area contributed by atoms with Crippen LogP contribution in [0.2, 0.25) is 0 Å². The molecule has 0 aromatic heterocycles. The Morgan fingerprint density at radius 2 is 2.00 bits per heavy atom. The van der Waals surface area contributed by atoms with Crippen LogP contribution in [-0.2, 0) is 11.2 Å². The molecule has 1 aromatic carbocycles. The van der Waals surface area contributed by atoms with Gasteiger partial charge in [0.1, 0.15) is 0 Å². The van der Waals surface area contributed by atoms with Crippen LogP contribution in [0.15, 0.2) is 48.1 Å². The number of carbonyl (C=O) groups excluding carboxylic acids is 1. The van der Waals surface area contributed by atoms with E-state index in [4.69, 9.17) is 5.11 Å². The normalized spacial score (nSPS) is 17.7. The third-order valence-electron chi connectivity index (χ3n) is 3.98. The van der Waals surface area contributed by atoms with E-state index >= 15 is 0 Å². The van der Waals surface area contributed by atoms with E-state index in [9.17, 15) is 9.59 Å². The van der Waals surface area contributed by atoms with Gasteiger partial charge in [0, 0.05) is 13.0 Å². The van der Waals surface area contributed by atoms with Crippen molar-refractivity contribution in [1.29, 1.82) is 0 Å². The standard InChI is InChI=1S/C19H23NO3/c1-14(2)4-3-5-17-10-11-18(21)20(17)13-12-15-6-8-16(9-7-15)19(22)23/h3-9,17H,10-13H2,1-2H3,(H,22,23)/t17-/m0/s1. The Bertz CT molecular complexity index is 625. The number of hydrogen-bond acceptors (Lipinski definition) is 2. The molecular weight excluding hydrogens is 290 g/mol. The van der Waals surface area contributed by atoms with Crippen molar-refractivity contribution in [2.75, 3.05) is 6.54 Å². The van der Waals surface area contributed by atoms with E-state index < -0.39 is 5.97 Å². The Hall–Kier alpha value is -2.36. The van der Waals surface area contributed by atoms with E-state index in [2.05, 4.69) is 6.08 Å². The van der Waals surface area contributed by atoms with Gasteiger partial charge < -0.3 is 10.0 Å². The zero-order valence-electron chi connectivity index (χ0n) is 13.7. The quantitative estimate of drug-likeness (QED) is 0.818. The molecule has 1 atom stereocenters. The second-order valence-corrected chi connectivity index (χ2v) is 6.07. The minimum Gasteiger partial charge on any atom is -0.478 e. The lowest BCUT2D eigenvalue weighted by molar-refractivity contribution is -0.128. The smallest absolute Gasteiger partial charge is 0.335 e. The summed E-state index contributed by atoms with van der Waals surface area (Å²) >= 11 is 0. The molecule has 0 radical (unpaired) electrons. The highest BCUT2D eigenvalue weighted by molar-refractivity contribution is 5.87. The molecule has 0 saturated carbocycles. The number of carbonyl (C=O) groups is 2. The van der Waals surface area contributed by atoms with E-state index in [-0.39, 0.29) is 17.5 Å². The molecule has 0 unspecified atom stereocenters. The molecule has 0 spiro atoms. The van der Waals surface area contributed by atoms with E-state index in [0.717, 1.165) is 18.4 Å². The summed E-state index contributed by atoms with van der Waals surface area (Å²) in [7, 11) is 0. The van der Waals surface area contributed by atoms with Gasteiger partial charge in [-0.25, -0.2) is 4.79 Å². The maximum absolute atomic E-state index is 12.0. The molecule has 122 valence electrons. The summed E-state index contributed by atoms with van der Waals surface area (Å²) in [4.78, 5) is 24.8. The first-order valence-corrected chi connectivity index (χ1v) is 7.91. The van der Waals surface area contributed by atoms with E-state index in [1.807, 2.05) is 43.0 Å². The first-order valence-electron chi connectivity index (χ1n) is 7.91. The van der Waals surface area contributed by atoms with Gasteiger partial charge in [-0.2, -0.15) is 0 Å². The van der Waals surface area contributed by atoms with Gasteiger partial charge in [0.15, 0.2) is 0 Å². The topological polar surface area (TPSA) is 57.6 Å². The van der Waals surface area contributed by atoms with Crippen molar-refractivity contribution >= 4 is 11.9 Å². The van der Waals surface area contributed by atoms with Gasteiger partial charge in [0.2, 0.25) is 5.91 Å². The number of benzene rings is 1. The summed E-state index contributed by atoms with van der Waals surface area (Å²) in [6.07, 6.45) is 8.36. The van der Waals surface area contributed by atoms with E-state index in [0.29, 0.717) is 13.0 Å². The number of hydrogen-bond donors (Lipinski definition) is 1. The van der Waals surface area contributed by atoms with Crippen molar-refractivity contribution in [2.24, 2.45) is 0 Å². The molecule has 1 fully saturated rings. The van der Waals surface area contributed by atoms with Crippen LogP contribution in [0.3, 0.4) is 0 Å². The predicted molar refractivity (Wildman–Crippen MR) is 90.4 cm³/mol. The molecule has 1 aliphatic heterocycles. The van der Waals surface area contributed by atoms with Gasteiger partial charge >= 0.3 is 5.97 Å².